The van der Waals surface area contributed by atoms with Gasteiger partial charge in [0, 0.05) is 38.8 Å². The van der Waals surface area contributed by atoms with Crippen LogP contribution >= 0.6 is 0 Å². The Morgan fingerprint density at radius 3 is 2.44 bits per heavy atom. The van der Waals surface area contributed by atoms with Crippen LogP contribution in [-0.2, 0) is 4.79 Å². The summed E-state index contributed by atoms with van der Waals surface area (Å²) in [4.78, 5) is 16.3. The Morgan fingerprint density at radius 1 is 1.28 bits per heavy atom. The zero-order chi connectivity index (χ0) is 13.0. The highest BCUT2D eigenvalue weighted by Gasteiger charge is 2.29. The van der Waals surface area contributed by atoms with E-state index in [-0.39, 0.29) is 12.5 Å². The lowest BCUT2D eigenvalue weighted by Gasteiger charge is -2.34. The molecule has 1 saturated heterocycles. The molecule has 0 bridgehead atoms. The SMILES string of the molecule is CC(NC(=O)CN1CCN(CCO)CC1)C1CC1. The zero-order valence-electron chi connectivity index (χ0n) is 11.3. The fourth-order valence-corrected chi connectivity index (χ4v) is 2.53. The van der Waals surface area contributed by atoms with Crippen molar-refractivity contribution in [3.63, 3.8) is 0 Å². The van der Waals surface area contributed by atoms with Crippen LogP contribution in [0.4, 0.5) is 0 Å². The van der Waals surface area contributed by atoms with Gasteiger partial charge in [-0.25, -0.2) is 0 Å². The maximum absolute atomic E-state index is 11.9. The first-order valence-corrected chi connectivity index (χ1v) is 7.04. The van der Waals surface area contributed by atoms with E-state index in [1.165, 1.54) is 12.8 Å². The highest BCUT2D eigenvalue weighted by Crippen LogP contribution is 2.32. The Labute approximate surface area is 109 Å². The Balaban J connectivity index is 1.62. The minimum Gasteiger partial charge on any atom is -0.395 e. The molecule has 0 spiro atoms. The molecule has 1 saturated carbocycles. The molecule has 2 rings (SSSR count). The van der Waals surface area contributed by atoms with Crippen LogP contribution in [0.5, 0.6) is 0 Å². The maximum atomic E-state index is 11.9. The third-order valence-electron chi connectivity index (χ3n) is 3.97. The standard InChI is InChI=1S/C13H25N3O2/c1-11(12-2-3-12)14-13(18)10-16-6-4-15(5-7-16)8-9-17/h11-12,17H,2-10H2,1H3,(H,14,18). The van der Waals surface area contributed by atoms with Crippen molar-refractivity contribution in [2.24, 2.45) is 5.92 Å². The van der Waals surface area contributed by atoms with Crippen LogP contribution < -0.4 is 5.32 Å². The minimum absolute atomic E-state index is 0.157. The molecule has 1 unspecified atom stereocenters. The number of β-amino-alcohol motifs (C(OH)–C–C–N with tert-alkyl or cyclic N) is 1. The van der Waals surface area contributed by atoms with E-state index in [0.717, 1.165) is 38.6 Å². The molecule has 5 nitrogen and oxygen atoms in total. The second-order valence-electron chi connectivity index (χ2n) is 5.54. The number of hydrogen-bond donors (Lipinski definition) is 2. The average Bonchev–Trinajstić information content (AvgIpc) is 3.16. The third-order valence-corrected chi connectivity index (χ3v) is 3.97. The Hall–Kier alpha value is -0.650. The van der Waals surface area contributed by atoms with E-state index in [1.54, 1.807) is 0 Å². The molecule has 0 aromatic heterocycles. The lowest BCUT2D eigenvalue weighted by atomic mass is 10.2. The molecule has 104 valence electrons. The quantitative estimate of drug-likeness (QED) is 0.672. The number of carbonyl (C=O) groups is 1. The van der Waals surface area contributed by atoms with Gasteiger partial charge in [-0.05, 0) is 25.7 Å². The highest BCUT2D eigenvalue weighted by molar-refractivity contribution is 5.78. The van der Waals surface area contributed by atoms with E-state index in [1.807, 2.05) is 0 Å². The third kappa shape index (κ3) is 4.23. The lowest BCUT2D eigenvalue weighted by Crippen LogP contribution is -2.50. The lowest BCUT2D eigenvalue weighted by molar-refractivity contribution is -0.123. The molecule has 0 radical (unpaired) electrons. The number of aliphatic hydroxyl groups is 1. The number of nitrogens with one attached hydrogen (secondary N) is 1. The number of hydrogen-bond acceptors (Lipinski definition) is 4. The molecular formula is C13H25N3O2. The van der Waals surface area contributed by atoms with Gasteiger partial charge in [0.2, 0.25) is 5.91 Å². The second kappa shape index (κ2) is 6.50. The van der Waals surface area contributed by atoms with Crippen molar-refractivity contribution >= 4 is 5.91 Å². The number of aliphatic hydroxyl groups excluding tert-OH is 1. The summed E-state index contributed by atoms with van der Waals surface area (Å²) in [5.74, 6) is 0.875. The van der Waals surface area contributed by atoms with Crippen LogP contribution in [0.2, 0.25) is 0 Å². The Kier molecular flexibility index (Phi) is 4.97. The van der Waals surface area contributed by atoms with Crippen LogP contribution in [0, 0.1) is 5.92 Å². The topological polar surface area (TPSA) is 55.8 Å². The van der Waals surface area contributed by atoms with Gasteiger partial charge in [0.25, 0.3) is 0 Å². The summed E-state index contributed by atoms with van der Waals surface area (Å²) >= 11 is 0. The summed E-state index contributed by atoms with van der Waals surface area (Å²) < 4.78 is 0. The number of rotatable bonds is 6. The monoisotopic (exact) mass is 255 g/mol. The average molecular weight is 255 g/mol. The van der Waals surface area contributed by atoms with Gasteiger partial charge in [0.05, 0.1) is 13.2 Å². The van der Waals surface area contributed by atoms with Crippen LogP contribution in [-0.4, -0.2) is 72.7 Å². The summed E-state index contributed by atoms with van der Waals surface area (Å²) in [5, 5.41) is 12.0. The van der Waals surface area contributed by atoms with Gasteiger partial charge in [0.1, 0.15) is 0 Å². The molecule has 5 heteroatoms. The molecule has 1 atom stereocenters. The maximum Gasteiger partial charge on any atom is 0.234 e. The predicted octanol–water partition coefficient (Wildman–Crippen LogP) is -0.489. The van der Waals surface area contributed by atoms with E-state index in [9.17, 15) is 4.79 Å². The molecule has 1 heterocycles. The number of piperazine rings is 1. The predicted molar refractivity (Wildman–Crippen MR) is 70.3 cm³/mol. The van der Waals surface area contributed by atoms with Crippen LogP contribution in [0.3, 0.4) is 0 Å². The van der Waals surface area contributed by atoms with Crippen molar-refractivity contribution in [1.82, 2.24) is 15.1 Å². The Bertz CT molecular complexity index is 273. The minimum atomic E-state index is 0.157. The summed E-state index contributed by atoms with van der Waals surface area (Å²) in [6.45, 7) is 7.34. The van der Waals surface area contributed by atoms with Crippen molar-refractivity contribution in [1.29, 1.82) is 0 Å². The van der Waals surface area contributed by atoms with Gasteiger partial charge in [-0.1, -0.05) is 0 Å². The molecule has 1 amide bonds. The summed E-state index contributed by atoms with van der Waals surface area (Å²) in [6.07, 6.45) is 2.53. The van der Waals surface area contributed by atoms with E-state index >= 15 is 0 Å². The molecule has 2 N–H and O–H groups in total. The van der Waals surface area contributed by atoms with Crippen molar-refractivity contribution < 1.29 is 9.90 Å². The molecule has 0 aromatic rings. The molecule has 1 aliphatic heterocycles. The summed E-state index contributed by atoms with van der Waals surface area (Å²) in [6, 6.07) is 0.341. The van der Waals surface area contributed by atoms with E-state index in [2.05, 4.69) is 22.0 Å². The Morgan fingerprint density at radius 2 is 1.89 bits per heavy atom. The molecule has 18 heavy (non-hydrogen) atoms. The highest BCUT2D eigenvalue weighted by atomic mass is 16.3. The van der Waals surface area contributed by atoms with Crippen molar-refractivity contribution in [2.75, 3.05) is 45.9 Å². The van der Waals surface area contributed by atoms with Crippen molar-refractivity contribution in [3.05, 3.63) is 0 Å². The van der Waals surface area contributed by atoms with Crippen LogP contribution in [0.25, 0.3) is 0 Å². The number of nitrogens with zero attached hydrogens (tertiary/aromatic N) is 2. The van der Waals surface area contributed by atoms with Crippen LogP contribution in [0.1, 0.15) is 19.8 Å². The van der Waals surface area contributed by atoms with Gasteiger partial charge >= 0.3 is 0 Å². The van der Waals surface area contributed by atoms with Crippen molar-refractivity contribution in [3.8, 4) is 0 Å². The van der Waals surface area contributed by atoms with E-state index in [0.29, 0.717) is 12.6 Å². The van der Waals surface area contributed by atoms with Crippen molar-refractivity contribution in [2.45, 2.75) is 25.8 Å². The summed E-state index contributed by atoms with van der Waals surface area (Å²) in [7, 11) is 0. The van der Waals surface area contributed by atoms with Gasteiger partial charge < -0.3 is 10.4 Å². The largest absolute Gasteiger partial charge is 0.395 e. The first kappa shape index (κ1) is 13.8. The second-order valence-corrected chi connectivity index (χ2v) is 5.54. The van der Waals surface area contributed by atoms with Gasteiger partial charge in [-0.3, -0.25) is 14.6 Å². The summed E-state index contributed by atoms with van der Waals surface area (Å²) in [5.41, 5.74) is 0. The first-order chi connectivity index (χ1) is 8.69. The molecule has 1 aliphatic carbocycles. The van der Waals surface area contributed by atoms with Gasteiger partial charge in [0.15, 0.2) is 0 Å². The normalized spacial score (nSPS) is 23.9. The fourth-order valence-electron chi connectivity index (χ4n) is 2.53. The zero-order valence-corrected chi connectivity index (χ0v) is 11.3. The molecule has 2 fully saturated rings. The van der Waals surface area contributed by atoms with E-state index in [4.69, 9.17) is 5.11 Å². The molecular weight excluding hydrogens is 230 g/mol. The van der Waals surface area contributed by atoms with Crippen LogP contribution in [0.15, 0.2) is 0 Å². The fraction of sp³-hybridized carbons (Fsp3) is 0.923. The smallest absolute Gasteiger partial charge is 0.234 e. The van der Waals surface area contributed by atoms with Gasteiger partial charge in [-0.2, -0.15) is 0 Å². The molecule has 2 aliphatic rings. The number of carbonyl (C=O) groups excluding carboxylic acids is 1. The van der Waals surface area contributed by atoms with Gasteiger partial charge in [-0.15, -0.1) is 0 Å². The first-order valence-electron chi connectivity index (χ1n) is 7.04. The molecule has 0 aromatic carbocycles. The van der Waals surface area contributed by atoms with E-state index < -0.39 is 0 Å². The number of amides is 1.